The number of likely N-dealkylation sites (N-methyl/N-ethyl adjacent to an activating group) is 2. The molecule has 16 nitrogen and oxygen atoms in total. The van der Waals surface area contributed by atoms with E-state index < -0.39 is 75.4 Å². The highest BCUT2D eigenvalue weighted by Gasteiger charge is 2.44. The lowest BCUT2D eigenvalue weighted by Crippen LogP contribution is -2.59. The van der Waals surface area contributed by atoms with E-state index in [1.165, 1.54) is 26.4 Å². The number of amides is 5. The first kappa shape index (κ1) is 50.6. The SMILES string of the molecule is CCC(C)C(C(CC(=O)N1CCCC1C(OC)C(C)C(=O)NC(Cc1ccc(O)cc1)C(=O)NS(=O)(=O)C1CC1)OC)N(C)C(=O)C(NC(=O)C(C(C)C)N(C)C)C(C)C. The second-order valence-corrected chi connectivity index (χ2v) is 19.6. The molecule has 0 spiro atoms. The molecule has 2 aliphatic rings. The summed E-state index contributed by atoms with van der Waals surface area (Å²) in [5.41, 5.74) is 0.588. The van der Waals surface area contributed by atoms with Gasteiger partial charge in [-0.25, -0.2) is 8.42 Å². The highest BCUT2D eigenvalue weighted by atomic mass is 32.2. The fraction of sp³-hybridized carbons (Fsp3) is 0.744. The van der Waals surface area contributed by atoms with E-state index >= 15 is 0 Å². The molecule has 1 saturated heterocycles. The summed E-state index contributed by atoms with van der Waals surface area (Å²) in [5.74, 6) is -3.32. The number of hydrogen-bond acceptors (Lipinski definition) is 11. The van der Waals surface area contributed by atoms with Gasteiger partial charge in [-0.2, -0.15) is 0 Å². The smallest absolute Gasteiger partial charge is 0.256 e. The molecule has 1 aromatic carbocycles. The van der Waals surface area contributed by atoms with E-state index in [0.29, 0.717) is 44.2 Å². The molecular weight excluding hydrogens is 793 g/mol. The van der Waals surface area contributed by atoms with Gasteiger partial charge in [0.1, 0.15) is 17.8 Å². The normalized spacial score (nSPS) is 19.9. The number of sulfonamides is 1. The van der Waals surface area contributed by atoms with Gasteiger partial charge in [-0.05, 0) is 75.2 Å². The molecule has 0 radical (unpaired) electrons. The number of aromatic hydroxyl groups is 1. The van der Waals surface area contributed by atoms with Gasteiger partial charge in [0.05, 0.1) is 47.9 Å². The van der Waals surface area contributed by atoms with Crippen molar-refractivity contribution < 1.29 is 47.0 Å². The minimum Gasteiger partial charge on any atom is -0.508 e. The average Bonchev–Trinajstić information content (AvgIpc) is 3.95. The van der Waals surface area contributed by atoms with Crippen LogP contribution in [0.5, 0.6) is 5.75 Å². The van der Waals surface area contributed by atoms with Crippen molar-refractivity contribution in [1.82, 2.24) is 30.1 Å². The summed E-state index contributed by atoms with van der Waals surface area (Å²) >= 11 is 0. The molecule has 60 heavy (non-hydrogen) atoms. The van der Waals surface area contributed by atoms with E-state index in [2.05, 4.69) is 15.4 Å². The number of nitrogens with one attached hydrogen (secondary N) is 3. The van der Waals surface area contributed by atoms with Gasteiger partial charge in [-0.3, -0.25) is 33.6 Å². The Kier molecular flexibility index (Phi) is 18.8. The quantitative estimate of drug-likeness (QED) is 0.126. The number of ether oxygens (including phenoxy) is 2. The van der Waals surface area contributed by atoms with Gasteiger partial charge < -0.3 is 35.0 Å². The van der Waals surface area contributed by atoms with Crippen molar-refractivity contribution in [3.8, 4) is 5.75 Å². The maximum absolute atomic E-state index is 14.3. The Morgan fingerprint density at radius 1 is 0.867 bits per heavy atom. The Labute approximate surface area is 357 Å². The molecule has 9 atom stereocenters. The molecule has 2 fully saturated rings. The third kappa shape index (κ3) is 13.1. The number of phenolic OH excluding ortho intramolecular Hbond substituents is 1. The predicted octanol–water partition coefficient (Wildman–Crippen LogP) is 2.68. The summed E-state index contributed by atoms with van der Waals surface area (Å²) in [6.45, 7) is 13.8. The third-order valence-corrected chi connectivity index (χ3v) is 14.0. The van der Waals surface area contributed by atoms with Gasteiger partial charge in [-0.1, -0.05) is 67.0 Å². The molecule has 340 valence electrons. The monoisotopic (exact) mass is 865 g/mol. The third-order valence-electron chi connectivity index (χ3n) is 12.2. The number of rotatable bonds is 23. The van der Waals surface area contributed by atoms with Gasteiger partial charge in [0.15, 0.2) is 0 Å². The van der Waals surface area contributed by atoms with Crippen molar-refractivity contribution in [2.24, 2.45) is 23.7 Å². The molecule has 0 bridgehead atoms. The molecule has 4 N–H and O–H groups in total. The van der Waals surface area contributed by atoms with Crippen LogP contribution in [0.25, 0.3) is 0 Å². The maximum Gasteiger partial charge on any atom is 0.256 e. The zero-order valence-corrected chi connectivity index (χ0v) is 38.6. The standard InChI is InChI=1S/C43H72N6O10S/c1-13-27(6)38(48(10)43(55)36(25(2)3)45-42(54)37(26(4)5)47(8)9)34(58-11)24-35(51)49-22-14-15-33(49)39(59-12)28(7)40(52)44-32(23-29-16-18-30(50)19-17-29)41(53)46-60(56,57)31-20-21-31/h16-19,25-28,31-34,36-39,50H,13-15,20-24H2,1-12H3,(H,44,52)(H,45,54)(H,46,53). The molecule has 1 aromatic rings. The van der Waals surface area contributed by atoms with E-state index in [9.17, 15) is 37.5 Å². The summed E-state index contributed by atoms with van der Waals surface area (Å²) in [6, 6.07) is 2.52. The lowest BCUT2D eigenvalue weighted by Gasteiger charge is -2.41. The van der Waals surface area contributed by atoms with Crippen LogP contribution in [0, 0.1) is 23.7 Å². The second kappa shape index (κ2) is 22.3. The van der Waals surface area contributed by atoms with Gasteiger partial charge in [0.25, 0.3) is 5.91 Å². The molecule has 1 aliphatic heterocycles. The second-order valence-electron chi connectivity index (χ2n) is 17.6. The first-order valence-electron chi connectivity index (χ1n) is 21.3. The van der Waals surface area contributed by atoms with Crippen molar-refractivity contribution in [3.05, 3.63) is 29.8 Å². The van der Waals surface area contributed by atoms with Crippen LogP contribution in [-0.4, -0.2) is 147 Å². The van der Waals surface area contributed by atoms with Gasteiger partial charge in [-0.15, -0.1) is 0 Å². The van der Waals surface area contributed by atoms with E-state index in [0.717, 1.165) is 0 Å². The molecule has 1 heterocycles. The Morgan fingerprint density at radius 3 is 1.98 bits per heavy atom. The molecule has 1 saturated carbocycles. The number of phenols is 1. The van der Waals surface area contributed by atoms with Crippen molar-refractivity contribution in [3.63, 3.8) is 0 Å². The predicted molar refractivity (Wildman–Crippen MR) is 229 cm³/mol. The highest BCUT2D eigenvalue weighted by molar-refractivity contribution is 7.90. The minimum absolute atomic E-state index is 0.0135. The zero-order chi connectivity index (χ0) is 45.2. The average molecular weight is 865 g/mol. The molecule has 17 heteroatoms. The molecule has 9 unspecified atom stereocenters. The number of benzene rings is 1. The van der Waals surface area contributed by atoms with Crippen molar-refractivity contribution >= 4 is 39.6 Å². The minimum atomic E-state index is -3.91. The molecular formula is C43H72N6O10S. The Hall–Kier alpha value is -3.80. The largest absolute Gasteiger partial charge is 0.508 e. The summed E-state index contributed by atoms with van der Waals surface area (Å²) in [7, 11) is 4.44. The number of methoxy groups -OCH3 is 2. The van der Waals surface area contributed by atoms with Gasteiger partial charge in [0, 0.05) is 34.2 Å². The fourth-order valence-electron chi connectivity index (χ4n) is 8.46. The highest BCUT2D eigenvalue weighted by Crippen LogP contribution is 2.30. The van der Waals surface area contributed by atoms with Crippen LogP contribution in [0.15, 0.2) is 24.3 Å². The summed E-state index contributed by atoms with van der Waals surface area (Å²) in [4.78, 5) is 74.6. The molecule has 1 aliphatic carbocycles. The van der Waals surface area contributed by atoms with Crippen LogP contribution >= 0.6 is 0 Å². The van der Waals surface area contributed by atoms with Crippen LogP contribution in [0.1, 0.15) is 92.6 Å². The number of nitrogens with zero attached hydrogens (tertiary/aromatic N) is 3. The van der Waals surface area contributed by atoms with Gasteiger partial charge in [0.2, 0.25) is 33.7 Å². The summed E-state index contributed by atoms with van der Waals surface area (Å²) in [6.07, 6.45) is 1.20. The molecule has 5 amide bonds. The molecule has 3 rings (SSSR count). The Balaban J connectivity index is 1.81. The number of carbonyl (C=O) groups excluding carboxylic acids is 5. The van der Waals surface area contributed by atoms with Gasteiger partial charge >= 0.3 is 0 Å². The fourth-order valence-corrected chi connectivity index (χ4v) is 9.81. The number of carbonyl (C=O) groups is 5. The zero-order valence-electron chi connectivity index (χ0n) is 37.8. The summed E-state index contributed by atoms with van der Waals surface area (Å²) < 4.78 is 39.5. The van der Waals surface area contributed by atoms with E-state index in [1.807, 2.05) is 60.5 Å². The lowest BCUT2D eigenvalue weighted by atomic mass is 9.89. The lowest BCUT2D eigenvalue weighted by molar-refractivity contribution is -0.148. The maximum atomic E-state index is 14.3. The van der Waals surface area contributed by atoms with E-state index in [-0.39, 0.29) is 54.1 Å². The first-order chi connectivity index (χ1) is 28.1. The Bertz CT molecular complexity index is 1710. The van der Waals surface area contributed by atoms with E-state index in [4.69, 9.17) is 9.47 Å². The van der Waals surface area contributed by atoms with Crippen LogP contribution in [0.2, 0.25) is 0 Å². The topological polar surface area (TPSA) is 204 Å². The van der Waals surface area contributed by atoms with Crippen molar-refractivity contribution in [2.45, 2.75) is 141 Å². The van der Waals surface area contributed by atoms with Crippen LogP contribution in [0.3, 0.4) is 0 Å². The number of hydrogen-bond donors (Lipinski definition) is 4. The van der Waals surface area contributed by atoms with Crippen LogP contribution < -0.4 is 15.4 Å². The van der Waals surface area contributed by atoms with Crippen molar-refractivity contribution in [1.29, 1.82) is 0 Å². The van der Waals surface area contributed by atoms with Crippen LogP contribution in [-0.2, 0) is 49.9 Å². The Morgan fingerprint density at radius 2 is 1.48 bits per heavy atom. The van der Waals surface area contributed by atoms with Crippen molar-refractivity contribution in [2.75, 3.05) is 41.9 Å². The van der Waals surface area contributed by atoms with E-state index in [1.54, 1.807) is 35.9 Å². The summed E-state index contributed by atoms with van der Waals surface area (Å²) in [5, 5.41) is 14.9. The first-order valence-corrected chi connectivity index (χ1v) is 22.9. The number of likely N-dealkylation sites (tertiary alicyclic amines) is 1. The van der Waals surface area contributed by atoms with Crippen LogP contribution in [0.4, 0.5) is 0 Å². The molecule has 0 aromatic heterocycles.